The minimum atomic E-state index is -1.59. The Morgan fingerprint density at radius 2 is 1.56 bits per heavy atom. The first-order valence-corrected chi connectivity index (χ1v) is 8.22. The standard InChI is InChI=1S/C20H24FNO3/c1-13-5-7-16(8-6-13)20(24,17-9-11-18(21)12-10-17)15(3)25-19(23)14(2)22-4/h5-12,14-15,22,24H,1-4H3/t14-,15-,20?/m0/s1. The second kappa shape index (κ2) is 7.76. The second-order valence-corrected chi connectivity index (χ2v) is 6.23. The highest BCUT2D eigenvalue weighted by Gasteiger charge is 2.40. The zero-order valence-electron chi connectivity index (χ0n) is 14.9. The van der Waals surface area contributed by atoms with Gasteiger partial charge in [-0.2, -0.15) is 0 Å². The Morgan fingerprint density at radius 1 is 1.08 bits per heavy atom. The molecule has 0 radical (unpaired) electrons. The number of esters is 1. The van der Waals surface area contributed by atoms with E-state index in [1.54, 1.807) is 33.0 Å². The first-order chi connectivity index (χ1) is 11.8. The molecule has 3 atom stereocenters. The molecule has 0 saturated carbocycles. The van der Waals surface area contributed by atoms with Crippen LogP contribution in [0.25, 0.3) is 0 Å². The Morgan fingerprint density at radius 3 is 2.04 bits per heavy atom. The van der Waals surface area contributed by atoms with E-state index in [4.69, 9.17) is 4.74 Å². The van der Waals surface area contributed by atoms with Gasteiger partial charge in [-0.05, 0) is 51.1 Å². The molecule has 0 aliphatic rings. The third-order valence-corrected chi connectivity index (χ3v) is 4.44. The van der Waals surface area contributed by atoms with Gasteiger partial charge in [0.1, 0.15) is 18.0 Å². The van der Waals surface area contributed by atoms with E-state index < -0.39 is 29.5 Å². The molecule has 0 aliphatic heterocycles. The highest BCUT2D eigenvalue weighted by Crippen LogP contribution is 2.35. The van der Waals surface area contributed by atoms with Crippen molar-refractivity contribution in [1.82, 2.24) is 5.32 Å². The van der Waals surface area contributed by atoms with Crippen LogP contribution >= 0.6 is 0 Å². The zero-order valence-corrected chi connectivity index (χ0v) is 14.9. The minimum absolute atomic E-state index is 0.400. The number of benzene rings is 2. The lowest BCUT2D eigenvalue weighted by molar-refractivity contribution is -0.162. The molecule has 5 heteroatoms. The van der Waals surface area contributed by atoms with Crippen molar-refractivity contribution in [3.63, 3.8) is 0 Å². The summed E-state index contributed by atoms with van der Waals surface area (Å²) >= 11 is 0. The SMILES string of the molecule is CN[C@@H](C)C(=O)O[C@@H](C)C(O)(c1ccc(C)cc1)c1ccc(F)cc1. The summed E-state index contributed by atoms with van der Waals surface area (Å²) in [5.41, 5.74) is 0.473. The lowest BCUT2D eigenvalue weighted by Crippen LogP contribution is -2.44. The fraction of sp³-hybridized carbons (Fsp3) is 0.350. The third kappa shape index (κ3) is 4.06. The Hall–Kier alpha value is -2.24. The van der Waals surface area contributed by atoms with Crippen molar-refractivity contribution in [2.75, 3.05) is 7.05 Å². The van der Waals surface area contributed by atoms with Gasteiger partial charge in [-0.15, -0.1) is 0 Å². The summed E-state index contributed by atoms with van der Waals surface area (Å²) in [5, 5.41) is 14.3. The van der Waals surface area contributed by atoms with Crippen LogP contribution in [0.1, 0.15) is 30.5 Å². The fourth-order valence-electron chi connectivity index (χ4n) is 2.63. The maximum atomic E-state index is 13.3. The molecule has 0 heterocycles. The number of nitrogens with one attached hydrogen (secondary N) is 1. The predicted molar refractivity (Wildman–Crippen MR) is 94.7 cm³/mol. The van der Waals surface area contributed by atoms with Crippen LogP contribution in [-0.2, 0) is 15.1 Å². The quantitative estimate of drug-likeness (QED) is 0.791. The van der Waals surface area contributed by atoms with Crippen LogP contribution in [0.2, 0.25) is 0 Å². The van der Waals surface area contributed by atoms with Crippen molar-refractivity contribution in [3.05, 3.63) is 71.0 Å². The van der Waals surface area contributed by atoms with Crippen molar-refractivity contribution < 1.29 is 19.0 Å². The van der Waals surface area contributed by atoms with Gasteiger partial charge in [0, 0.05) is 0 Å². The fourth-order valence-corrected chi connectivity index (χ4v) is 2.63. The summed E-state index contributed by atoms with van der Waals surface area (Å²) in [6.07, 6.45) is -0.871. The van der Waals surface area contributed by atoms with Gasteiger partial charge in [0.05, 0.1) is 0 Å². The van der Waals surface area contributed by atoms with Crippen molar-refractivity contribution in [2.24, 2.45) is 0 Å². The first kappa shape index (κ1) is 19.1. The smallest absolute Gasteiger partial charge is 0.323 e. The number of aliphatic hydroxyl groups is 1. The number of hydrogen-bond donors (Lipinski definition) is 2. The van der Waals surface area contributed by atoms with Crippen molar-refractivity contribution in [1.29, 1.82) is 0 Å². The molecule has 2 rings (SSSR count). The Balaban J connectivity index is 2.46. The van der Waals surface area contributed by atoms with Gasteiger partial charge in [-0.3, -0.25) is 4.79 Å². The number of halogens is 1. The first-order valence-electron chi connectivity index (χ1n) is 8.22. The second-order valence-electron chi connectivity index (χ2n) is 6.23. The summed E-state index contributed by atoms with van der Waals surface area (Å²) in [6, 6.07) is 12.4. The van der Waals surface area contributed by atoms with Gasteiger partial charge in [0.25, 0.3) is 0 Å². The number of ether oxygens (including phenoxy) is 1. The number of likely N-dealkylation sites (N-methyl/N-ethyl adjacent to an activating group) is 1. The van der Waals surface area contributed by atoms with Crippen LogP contribution in [0.3, 0.4) is 0 Å². The molecule has 0 aliphatic carbocycles. The molecule has 2 N–H and O–H groups in total. The highest BCUT2D eigenvalue weighted by molar-refractivity contribution is 5.75. The number of rotatable bonds is 6. The molecule has 0 saturated heterocycles. The Bertz CT molecular complexity index is 667. The molecule has 4 nitrogen and oxygen atoms in total. The number of aryl methyl sites for hydroxylation is 1. The molecule has 134 valence electrons. The van der Waals surface area contributed by atoms with Gasteiger partial charge < -0.3 is 15.2 Å². The Kier molecular flexibility index (Phi) is 5.93. The van der Waals surface area contributed by atoms with Crippen LogP contribution in [0.15, 0.2) is 48.5 Å². The van der Waals surface area contributed by atoms with Gasteiger partial charge in [0.15, 0.2) is 5.60 Å². The van der Waals surface area contributed by atoms with Crippen molar-refractivity contribution in [2.45, 2.75) is 38.5 Å². The lowest BCUT2D eigenvalue weighted by Gasteiger charge is -2.35. The number of hydrogen-bond acceptors (Lipinski definition) is 4. The summed E-state index contributed by atoms with van der Waals surface area (Å²) in [7, 11) is 1.66. The molecule has 1 unspecified atom stereocenters. The normalized spacial score (nSPS) is 15.9. The molecule has 0 bridgehead atoms. The lowest BCUT2D eigenvalue weighted by atomic mass is 9.82. The van der Waals surface area contributed by atoms with Gasteiger partial charge in [-0.25, -0.2) is 4.39 Å². The molecular formula is C20H24FNO3. The number of carbonyl (C=O) groups excluding carboxylic acids is 1. The maximum Gasteiger partial charge on any atom is 0.323 e. The molecule has 0 amide bonds. The van der Waals surface area contributed by atoms with Crippen LogP contribution in [0, 0.1) is 12.7 Å². The summed E-state index contributed by atoms with van der Waals surface area (Å²) in [4.78, 5) is 12.1. The van der Waals surface area contributed by atoms with E-state index in [1.165, 1.54) is 24.3 Å². The van der Waals surface area contributed by atoms with Crippen molar-refractivity contribution in [3.8, 4) is 0 Å². The highest BCUT2D eigenvalue weighted by atomic mass is 19.1. The monoisotopic (exact) mass is 345 g/mol. The summed E-state index contributed by atoms with van der Waals surface area (Å²) < 4.78 is 18.8. The number of carbonyl (C=O) groups is 1. The van der Waals surface area contributed by atoms with Crippen LogP contribution in [-0.4, -0.2) is 30.3 Å². The maximum absolute atomic E-state index is 13.3. The van der Waals surface area contributed by atoms with E-state index in [-0.39, 0.29) is 0 Å². The van der Waals surface area contributed by atoms with Crippen LogP contribution < -0.4 is 5.32 Å². The minimum Gasteiger partial charge on any atom is -0.458 e. The van der Waals surface area contributed by atoms with E-state index in [2.05, 4.69) is 5.32 Å². The van der Waals surface area contributed by atoms with Crippen molar-refractivity contribution >= 4 is 5.97 Å². The van der Waals surface area contributed by atoms with E-state index in [0.717, 1.165) is 5.56 Å². The molecule has 25 heavy (non-hydrogen) atoms. The van der Waals surface area contributed by atoms with Crippen LogP contribution in [0.5, 0.6) is 0 Å². The topological polar surface area (TPSA) is 58.6 Å². The van der Waals surface area contributed by atoms with Crippen LogP contribution in [0.4, 0.5) is 4.39 Å². The van der Waals surface area contributed by atoms with E-state index in [1.807, 2.05) is 19.1 Å². The molecule has 2 aromatic rings. The van der Waals surface area contributed by atoms with Gasteiger partial charge >= 0.3 is 5.97 Å². The molecule has 2 aromatic carbocycles. The molecule has 0 aromatic heterocycles. The molecule has 0 fully saturated rings. The van der Waals surface area contributed by atoms with E-state index >= 15 is 0 Å². The average Bonchev–Trinajstić information content (AvgIpc) is 2.61. The zero-order chi connectivity index (χ0) is 18.6. The average molecular weight is 345 g/mol. The largest absolute Gasteiger partial charge is 0.458 e. The Labute approximate surface area is 147 Å². The molecular weight excluding hydrogens is 321 g/mol. The predicted octanol–water partition coefficient (Wildman–Crippen LogP) is 2.91. The van der Waals surface area contributed by atoms with E-state index in [9.17, 15) is 14.3 Å². The van der Waals surface area contributed by atoms with Gasteiger partial charge in [-0.1, -0.05) is 42.0 Å². The summed E-state index contributed by atoms with van der Waals surface area (Å²) in [6.45, 7) is 5.25. The van der Waals surface area contributed by atoms with Gasteiger partial charge in [0.2, 0.25) is 0 Å². The third-order valence-electron chi connectivity index (χ3n) is 4.44. The van der Waals surface area contributed by atoms with E-state index in [0.29, 0.717) is 11.1 Å². The molecule has 0 spiro atoms. The summed E-state index contributed by atoms with van der Waals surface area (Å²) in [5.74, 6) is -0.869.